The number of likely N-dealkylation sites (tertiary alicyclic amines) is 1. The summed E-state index contributed by atoms with van der Waals surface area (Å²) >= 11 is 0. The number of nitrogens with two attached hydrogens (primary N) is 1. The molecule has 3 unspecified atom stereocenters. The minimum absolute atomic E-state index is 0.193. The molecule has 8 heteroatoms. The molecule has 0 aromatic heterocycles. The van der Waals surface area contributed by atoms with Gasteiger partial charge in [0.05, 0.1) is 0 Å². The van der Waals surface area contributed by atoms with Gasteiger partial charge >= 0.3 is 0 Å². The largest absolute Gasteiger partial charge is 0.354 e. The highest BCUT2D eigenvalue weighted by Gasteiger charge is 2.35. The average Bonchev–Trinajstić information content (AvgIpc) is 3.49. The lowest BCUT2D eigenvalue weighted by Crippen LogP contribution is -2.56. The van der Waals surface area contributed by atoms with Crippen molar-refractivity contribution in [1.82, 2.24) is 20.0 Å². The van der Waals surface area contributed by atoms with E-state index in [0.717, 1.165) is 47.2 Å². The van der Waals surface area contributed by atoms with Gasteiger partial charge in [-0.15, -0.1) is 0 Å². The molecule has 3 atom stereocenters. The molecule has 3 amide bonds. The molecule has 262 valence electrons. The maximum Gasteiger partial charge on any atom is 0.246 e. The van der Waals surface area contributed by atoms with Gasteiger partial charge in [-0.1, -0.05) is 90.5 Å². The standard InChI is InChI=1S/C41H55N5O3/c1-30(29-41(2,3)42)26-38(47)45(5)37(28-32-19-21-34(22-20-32)33-16-11-8-12-17-33)40(49)46(6)36(27-31-14-9-7-10-15-31)39(48)43-24-23-35-18-13-25-44(35)4/h7-12,14-17,19-22,26,35-37H,13,18,23-25,27-29,42H2,1-6H3,(H,43,48)/b30-26+. The van der Waals surface area contributed by atoms with Crippen molar-refractivity contribution in [3.8, 4) is 11.1 Å². The molecular weight excluding hydrogens is 610 g/mol. The third-order valence-corrected chi connectivity index (χ3v) is 9.53. The van der Waals surface area contributed by atoms with Crippen LogP contribution in [0.5, 0.6) is 0 Å². The fourth-order valence-electron chi connectivity index (χ4n) is 6.77. The van der Waals surface area contributed by atoms with E-state index in [9.17, 15) is 14.4 Å². The summed E-state index contributed by atoms with van der Waals surface area (Å²) < 4.78 is 0. The minimum atomic E-state index is -0.840. The van der Waals surface area contributed by atoms with E-state index >= 15 is 0 Å². The number of benzene rings is 3. The quantitative estimate of drug-likeness (QED) is 0.210. The van der Waals surface area contributed by atoms with Gasteiger partial charge in [0.15, 0.2) is 0 Å². The Kier molecular flexibility index (Phi) is 13.3. The summed E-state index contributed by atoms with van der Waals surface area (Å²) in [5.41, 5.74) is 10.6. The molecule has 0 bridgehead atoms. The van der Waals surface area contributed by atoms with Gasteiger partial charge < -0.3 is 25.8 Å². The van der Waals surface area contributed by atoms with Crippen LogP contribution in [0.25, 0.3) is 11.1 Å². The van der Waals surface area contributed by atoms with Gasteiger partial charge in [-0.25, -0.2) is 0 Å². The van der Waals surface area contributed by atoms with E-state index in [-0.39, 0.29) is 17.7 Å². The van der Waals surface area contributed by atoms with Crippen LogP contribution in [0.1, 0.15) is 57.6 Å². The molecule has 3 aromatic carbocycles. The number of carbonyl (C=O) groups is 3. The van der Waals surface area contributed by atoms with E-state index in [0.29, 0.717) is 31.8 Å². The summed E-state index contributed by atoms with van der Waals surface area (Å²) in [6.07, 6.45) is 5.93. The zero-order valence-electron chi connectivity index (χ0n) is 30.2. The molecule has 1 aliphatic rings. The van der Waals surface area contributed by atoms with Crippen LogP contribution in [0.2, 0.25) is 0 Å². The molecule has 3 aromatic rings. The SMILES string of the molecule is C/C(=C\C(=O)N(C)C(Cc1ccc(-c2ccccc2)cc1)C(=O)N(C)C(Cc1ccccc1)C(=O)NCCC1CCCN1C)CC(C)(C)N. The first-order valence-electron chi connectivity index (χ1n) is 17.5. The predicted octanol–water partition coefficient (Wildman–Crippen LogP) is 5.47. The van der Waals surface area contributed by atoms with Crippen LogP contribution < -0.4 is 11.1 Å². The van der Waals surface area contributed by atoms with Gasteiger partial charge in [0.25, 0.3) is 0 Å². The summed E-state index contributed by atoms with van der Waals surface area (Å²) in [6, 6.07) is 26.8. The molecule has 1 heterocycles. The summed E-state index contributed by atoms with van der Waals surface area (Å²) in [5.74, 6) is -0.764. The third-order valence-electron chi connectivity index (χ3n) is 9.53. The van der Waals surface area contributed by atoms with Crippen molar-refractivity contribution in [3.63, 3.8) is 0 Å². The van der Waals surface area contributed by atoms with Crippen LogP contribution in [0.4, 0.5) is 0 Å². The third kappa shape index (κ3) is 11.1. The molecule has 49 heavy (non-hydrogen) atoms. The molecule has 0 saturated carbocycles. The van der Waals surface area contributed by atoms with E-state index < -0.39 is 17.6 Å². The highest BCUT2D eigenvalue weighted by atomic mass is 16.2. The van der Waals surface area contributed by atoms with Crippen molar-refractivity contribution in [3.05, 3.63) is 108 Å². The number of rotatable bonds is 15. The molecule has 0 radical (unpaired) electrons. The second-order valence-corrected chi connectivity index (χ2v) is 14.4. The second-order valence-electron chi connectivity index (χ2n) is 14.4. The first-order valence-corrected chi connectivity index (χ1v) is 17.5. The van der Waals surface area contributed by atoms with Crippen molar-refractivity contribution in [2.75, 3.05) is 34.2 Å². The van der Waals surface area contributed by atoms with Gasteiger partial charge in [-0.2, -0.15) is 0 Å². The number of carbonyl (C=O) groups excluding carboxylic acids is 3. The number of nitrogens with zero attached hydrogens (tertiary/aromatic N) is 3. The van der Waals surface area contributed by atoms with Gasteiger partial charge in [0.1, 0.15) is 12.1 Å². The Morgan fingerprint density at radius 2 is 1.45 bits per heavy atom. The van der Waals surface area contributed by atoms with Gasteiger partial charge in [0, 0.05) is 51.1 Å². The van der Waals surface area contributed by atoms with E-state index in [1.54, 1.807) is 20.2 Å². The number of hydrogen-bond donors (Lipinski definition) is 2. The highest BCUT2D eigenvalue weighted by molar-refractivity contribution is 5.95. The number of amides is 3. The molecule has 8 nitrogen and oxygen atoms in total. The van der Waals surface area contributed by atoms with Crippen molar-refractivity contribution in [1.29, 1.82) is 0 Å². The van der Waals surface area contributed by atoms with E-state index in [4.69, 9.17) is 5.73 Å². The van der Waals surface area contributed by atoms with Crippen molar-refractivity contribution in [2.24, 2.45) is 5.73 Å². The Hall–Kier alpha value is -4.27. The van der Waals surface area contributed by atoms with Gasteiger partial charge in [-0.05, 0) is 82.3 Å². The molecule has 4 rings (SSSR count). The first kappa shape index (κ1) is 37.5. The number of likely N-dealkylation sites (N-methyl/N-ethyl adjacent to an activating group) is 2. The lowest BCUT2D eigenvalue weighted by atomic mass is 9.96. The van der Waals surface area contributed by atoms with Crippen molar-refractivity contribution in [2.45, 2.75) is 83.0 Å². The zero-order valence-corrected chi connectivity index (χ0v) is 30.2. The van der Waals surface area contributed by atoms with E-state index in [2.05, 4.69) is 29.4 Å². The van der Waals surface area contributed by atoms with Gasteiger partial charge in [0.2, 0.25) is 17.7 Å². The summed E-state index contributed by atoms with van der Waals surface area (Å²) in [4.78, 5) is 47.5. The van der Waals surface area contributed by atoms with Crippen LogP contribution in [0.3, 0.4) is 0 Å². The van der Waals surface area contributed by atoms with Gasteiger partial charge in [-0.3, -0.25) is 14.4 Å². The fraction of sp³-hybridized carbons (Fsp3) is 0.439. The Balaban J connectivity index is 1.60. The topological polar surface area (TPSA) is 99.0 Å². The molecule has 1 saturated heterocycles. The molecule has 1 aliphatic heterocycles. The van der Waals surface area contributed by atoms with Crippen molar-refractivity contribution < 1.29 is 14.4 Å². The summed E-state index contributed by atoms with van der Waals surface area (Å²) in [7, 11) is 5.48. The van der Waals surface area contributed by atoms with E-state index in [1.165, 1.54) is 16.2 Å². The highest BCUT2D eigenvalue weighted by Crippen LogP contribution is 2.22. The lowest BCUT2D eigenvalue weighted by molar-refractivity contribution is -0.146. The molecule has 3 N–H and O–H groups in total. The lowest BCUT2D eigenvalue weighted by Gasteiger charge is -2.34. The Labute approximate surface area is 293 Å². The Morgan fingerprint density at radius 1 is 0.878 bits per heavy atom. The number of hydrogen-bond acceptors (Lipinski definition) is 5. The minimum Gasteiger partial charge on any atom is -0.354 e. The second kappa shape index (κ2) is 17.4. The zero-order chi connectivity index (χ0) is 35.6. The smallest absolute Gasteiger partial charge is 0.246 e. The predicted molar refractivity (Wildman–Crippen MR) is 199 cm³/mol. The van der Waals surface area contributed by atoms with Crippen LogP contribution >= 0.6 is 0 Å². The van der Waals surface area contributed by atoms with Crippen molar-refractivity contribution >= 4 is 17.7 Å². The molecule has 0 aliphatic carbocycles. The molecule has 0 spiro atoms. The van der Waals surface area contributed by atoms with Crippen LogP contribution in [-0.4, -0.2) is 90.3 Å². The normalized spacial score (nSPS) is 16.6. The maximum atomic E-state index is 14.6. The first-order chi connectivity index (χ1) is 23.3. The fourth-order valence-corrected chi connectivity index (χ4v) is 6.77. The summed E-state index contributed by atoms with van der Waals surface area (Å²) in [5, 5.41) is 3.14. The summed E-state index contributed by atoms with van der Waals surface area (Å²) in [6.45, 7) is 7.34. The van der Waals surface area contributed by atoms with E-state index in [1.807, 2.05) is 93.6 Å². The molecule has 1 fully saturated rings. The average molecular weight is 666 g/mol. The Morgan fingerprint density at radius 3 is 2.04 bits per heavy atom. The number of nitrogens with one attached hydrogen (secondary N) is 1. The van der Waals surface area contributed by atoms with Crippen LogP contribution in [-0.2, 0) is 27.2 Å². The van der Waals surface area contributed by atoms with Crippen LogP contribution in [0, 0.1) is 0 Å². The maximum absolute atomic E-state index is 14.6. The molecular formula is C41H55N5O3. The monoisotopic (exact) mass is 665 g/mol. The van der Waals surface area contributed by atoms with Crippen LogP contribution in [0.15, 0.2) is 96.6 Å². The Bertz CT molecular complexity index is 1550.